The molecule has 3 aromatic heterocycles. The van der Waals surface area contributed by atoms with Gasteiger partial charge in [0.25, 0.3) is 0 Å². The lowest BCUT2D eigenvalue weighted by Gasteiger charge is -2.17. The molecule has 10 nitrogen and oxygen atoms in total. The van der Waals surface area contributed by atoms with Crippen LogP contribution in [0.15, 0.2) is 47.8 Å². The van der Waals surface area contributed by atoms with Gasteiger partial charge in [0.05, 0.1) is 23.2 Å². The van der Waals surface area contributed by atoms with E-state index in [0.29, 0.717) is 30.0 Å². The van der Waals surface area contributed by atoms with E-state index < -0.39 is 10.0 Å². The van der Waals surface area contributed by atoms with Gasteiger partial charge in [0.2, 0.25) is 15.9 Å². The van der Waals surface area contributed by atoms with Crippen molar-refractivity contribution in [3.8, 4) is 17.3 Å². The van der Waals surface area contributed by atoms with Crippen molar-refractivity contribution >= 4 is 21.2 Å². The predicted octanol–water partition coefficient (Wildman–Crippen LogP) is 2.40. The monoisotopic (exact) mass is 467 g/mol. The Morgan fingerprint density at radius 2 is 1.97 bits per heavy atom. The second-order valence-corrected chi connectivity index (χ2v) is 9.95. The highest BCUT2D eigenvalue weighted by Crippen LogP contribution is 2.30. The first kappa shape index (κ1) is 21.5. The number of hydrogen-bond acceptors (Lipinski definition) is 7. The van der Waals surface area contributed by atoms with Crippen LogP contribution < -0.4 is 4.74 Å². The second-order valence-electron chi connectivity index (χ2n) is 8.01. The average molecular weight is 468 g/mol. The second kappa shape index (κ2) is 8.23. The molecular formula is C22H25N7O3S. The van der Waals surface area contributed by atoms with Crippen molar-refractivity contribution in [3.05, 3.63) is 48.5 Å². The van der Waals surface area contributed by atoms with Gasteiger partial charge in [-0.2, -0.15) is 14.4 Å². The van der Waals surface area contributed by atoms with E-state index in [1.54, 1.807) is 36.5 Å². The summed E-state index contributed by atoms with van der Waals surface area (Å²) in [6.07, 6.45) is 3.49. The summed E-state index contributed by atoms with van der Waals surface area (Å²) < 4.78 is 37.3. The standard InChI is InChI=1S/C22H25N7O3S/c1-4-29-15(2)18(12-25-29)20-26-19-21(27(20)3)23-14-24-22(19)32-16-10-11-28(13-16)33(30,31)17-8-6-5-7-9-17/h5-9,12,14,16H,4,10-11,13H2,1-3H3/t16-/m0/s1. The Morgan fingerprint density at radius 1 is 1.18 bits per heavy atom. The van der Waals surface area contributed by atoms with E-state index in [1.165, 1.54) is 10.6 Å². The Balaban J connectivity index is 1.42. The Bertz CT molecular complexity index is 1410. The number of fused-ring (bicyclic) bond motifs is 1. The zero-order valence-electron chi connectivity index (χ0n) is 18.7. The van der Waals surface area contributed by atoms with Gasteiger partial charge in [-0.3, -0.25) is 4.68 Å². The molecule has 5 rings (SSSR count). The highest BCUT2D eigenvalue weighted by molar-refractivity contribution is 7.89. The molecule has 0 saturated carbocycles. The molecule has 0 spiro atoms. The van der Waals surface area contributed by atoms with Crippen LogP contribution in [0.4, 0.5) is 0 Å². The molecule has 0 unspecified atom stereocenters. The fourth-order valence-corrected chi connectivity index (χ4v) is 5.71. The molecule has 1 aliphatic rings. The van der Waals surface area contributed by atoms with Gasteiger partial charge in [-0.1, -0.05) is 18.2 Å². The van der Waals surface area contributed by atoms with Gasteiger partial charge in [-0.25, -0.2) is 18.4 Å². The summed E-state index contributed by atoms with van der Waals surface area (Å²) in [4.78, 5) is 13.8. The first-order chi connectivity index (χ1) is 15.9. The zero-order chi connectivity index (χ0) is 23.2. The Labute approximate surface area is 191 Å². The molecule has 1 atom stereocenters. The Morgan fingerprint density at radius 3 is 2.70 bits per heavy atom. The number of nitrogens with zero attached hydrogens (tertiary/aromatic N) is 7. The van der Waals surface area contributed by atoms with Gasteiger partial charge in [-0.15, -0.1) is 0 Å². The molecule has 0 N–H and O–H groups in total. The number of imidazole rings is 1. The minimum Gasteiger partial charge on any atom is -0.471 e. The third-order valence-electron chi connectivity index (χ3n) is 6.03. The number of ether oxygens (including phenoxy) is 1. The van der Waals surface area contributed by atoms with Crippen molar-refractivity contribution in [2.75, 3.05) is 13.1 Å². The third kappa shape index (κ3) is 3.66. The van der Waals surface area contributed by atoms with E-state index in [1.807, 2.05) is 30.1 Å². The van der Waals surface area contributed by atoms with Crippen molar-refractivity contribution in [3.63, 3.8) is 0 Å². The Hall–Kier alpha value is -3.31. The summed E-state index contributed by atoms with van der Waals surface area (Å²) in [6.45, 7) is 5.46. The summed E-state index contributed by atoms with van der Waals surface area (Å²) in [5, 5.41) is 4.42. The van der Waals surface area contributed by atoms with Gasteiger partial charge in [0, 0.05) is 25.8 Å². The maximum absolute atomic E-state index is 12.9. The molecule has 11 heteroatoms. The molecule has 4 aromatic rings. The van der Waals surface area contributed by atoms with Crippen LogP contribution in [0, 0.1) is 6.92 Å². The third-order valence-corrected chi connectivity index (χ3v) is 7.91. The molecule has 0 amide bonds. The lowest BCUT2D eigenvalue weighted by Crippen LogP contribution is -2.31. The predicted molar refractivity (Wildman–Crippen MR) is 122 cm³/mol. The van der Waals surface area contributed by atoms with Gasteiger partial charge in [0.1, 0.15) is 18.3 Å². The molecular weight excluding hydrogens is 442 g/mol. The van der Waals surface area contributed by atoms with E-state index in [9.17, 15) is 8.42 Å². The number of aryl methyl sites for hydroxylation is 2. The molecule has 0 radical (unpaired) electrons. The van der Waals surface area contributed by atoms with Crippen molar-refractivity contribution in [2.45, 2.75) is 37.8 Å². The fraction of sp³-hybridized carbons (Fsp3) is 0.364. The van der Waals surface area contributed by atoms with E-state index in [2.05, 4.69) is 15.1 Å². The van der Waals surface area contributed by atoms with Crippen molar-refractivity contribution in [1.29, 1.82) is 0 Å². The number of rotatable bonds is 6. The maximum Gasteiger partial charge on any atom is 0.245 e. The van der Waals surface area contributed by atoms with Crippen LogP contribution in [-0.4, -0.2) is 61.2 Å². The Kier molecular flexibility index (Phi) is 5.37. The van der Waals surface area contributed by atoms with Gasteiger partial charge >= 0.3 is 0 Å². The molecule has 4 heterocycles. The average Bonchev–Trinajstić information content (AvgIpc) is 3.53. The lowest BCUT2D eigenvalue weighted by atomic mass is 10.2. The van der Waals surface area contributed by atoms with Crippen molar-refractivity contribution in [2.24, 2.45) is 7.05 Å². The summed E-state index contributed by atoms with van der Waals surface area (Å²) in [6, 6.07) is 8.45. The van der Waals surface area contributed by atoms with Crippen LogP contribution in [-0.2, 0) is 23.6 Å². The van der Waals surface area contributed by atoms with Gasteiger partial charge < -0.3 is 9.30 Å². The fourth-order valence-electron chi connectivity index (χ4n) is 4.20. The van der Waals surface area contributed by atoms with Crippen LogP contribution in [0.1, 0.15) is 19.0 Å². The summed E-state index contributed by atoms with van der Waals surface area (Å²) in [7, 11) is -1.66. The van der Waals surface area contributed by atoms with E-state index >= 15 is 0 Å². The van der Waals surface area contributed by atoms with E-state index in [-0.39, 0.29) is 17.5 Å². The summed E-state index contributed by atoms with van der Waals surface area (Å²) >= 11 is 0. The van der Waals surface area contributed by atoms with Crippen LogP contribution in [0.25, 0.3) is 22.6 Å². The number of aromatic nitrogens is 6. The molecule has 33 heavy (non-hydrogen) atoms. The first-order valence-corrected chi connectivity index (χ1v) is 12.3. The minimum absolute atomic E-state index is 0.255. The first-order valence-electron chi connectivity index (χ1n) is 10.8. The lowest BCUT2D eigenvalue weighted by molar-refractivity contribution is 0.209. The number of sulfonamides is 1. The van der Waals surface area contributed by atoms with E-state index in [4.69, 9.17) is 9.72 Å². The highest BCUT2D eigenvalue weighted by Gasteiger charge is 2.34. The quantitative estimate of drug-likeness (QED) is 0.428. The van der Waals surface area contributed by atoms with E-state index in [0.717, 1.165) is 23.6 Å². The highest BCUT2D eigenvalue weighted by atomic mass is 32.2. The molecule has 172 valence electrons. The minimum atomic E-state index is -3.56. The molecule has 1 saturated heterocycles. The van der Waals surface area contributed by atoms with Crippen LogP contribution >= 0.6 is 0 Å². The summed E-state index contributed by atoms with van der Waals surface area (Å²) in [5.41, 5.74) is 3.13. The zero-order valence-corrected chi connectivity index (χ0v) is 19.5. The topological polar surface area (TPSA) is 108 Å². The molecule has 1 aromatic carbocycles. The SMILES string of the molecule is CCn1ncc(-c2nc3c(O[C@H]4CCN(S(=O)(=O)c5ccccc5)C4)ncnc3n2C)c1C. The number of hydrogen-bond donors (Lipinski definition) is 0. The molecule has 0 bridgehead atoms. The summed E-state index contributed by atoms with van der Waals surface area (Å²) in [5.74, 6) is 1.08. The largest absolute Gasteiger partial charge is 0.471 e. The van der Waals surface area contributed by atoms with Crippen LogP contribution in [0.3, 0.4) is 0 Å². The number of benzene rings is 1. The molecule has 1 aliphatic heterocycles. The molecule has 1 fully saturated rings. The van der Waals surface area contributed by atoms with Gasteiger partial charge in [-0.05, 0) is 32.4 Å². The van der Waals surface area contributed by atoms with Crippen LogP contribution in [0.5, 0.6) is 5.88 Å². The van der Waals surface area contributed by atoms with Crippen LogP contribution in [0.2, 0.25) is 0 Å². The van der Waals surface area contributed by atoms with Gasteiger partial charge in [0.15, 0.2) is 11.2 Å². The smallest absolute Gasteiger partial charge is 0.245 e. The maximum atomic E-state index is 12.9. The molecule has 0 aliphatic carbocycles. The normalized spacial score (nSPS) is 17.1. The van der Waals surface area contributed by atoms with Crippen molar-refractivity contribution < 1.29 is 13.2 Å². The van der Waals surface area contributed by atoms with Crippen molar-refractivity contribution in [1.82, 2.24) is 33.6 Å².